The first-order valence-electron chi connectivity index (χ1n) is 8.07. The Morgan fingerprint density at radius 2 is 2.32 bits per heavy atom. The number of piperidine rings is 1. The first-order chi connectivity index (χ1) is 12.2. The summed E-state index contributed by atoms with van der Waals surface area (Å²) < 4.78 is 4.99. The van der Waals surface area contributed by atoms with Gasteiger partial charge < -0.3 is 4.74 Å². The van der Waals surface area contributed by atoms with Crippen molar-refractivity contribution in [1.82, 2.24) is 15.1 Å². The number of hydrogen-bond donors (Lipinski definition) is 1. The van der Waals surface area contributed by atoms with Crippen LogP contribution in [0.5, 0.6) is 0 Å². The first-order valence-corrected chi connectivity index (χ1v) is 9.76. The van der Waals surface area contributed by atoms with Crippen LogP contribution >= 0.6 is 22.7 Å². The normalized spacial score (nSPS) is 18.2. The van der Waals surface area contributed by atoms with E-state index in [1.54, 1.807) is 7.11 Å². The number of thiophene rings is 1. The Balaban J connectivity index is 1.51. The van der Waals surface area contributed by atoms with E-state index in [0.717, 1.165) is 29.3 Å². The Bertz CT molecular complexity index is 717. The highest BCUT2D eigenvalue weighted by Crippen LogP contribution is 2.23. The van der Waals surface area contributed by atoms with E-state index in [1.807, 2.05) is 22.4 Å². The van der Waals surface area contributed by atoms with E-state index in [1.165, 1.54) is 22.7 Å². The summed E-state index contributed by atoms with van der Waals surface area (Å²) in [4.78, 5) is 27.6. The van der Waals surface area contributed by atoms with Crippen LogP contribution in [-0.4, -0.2) is 53.5 Å². The number of hydrogen-bond acceptors (Lipinski definition) is 8. The lowest BCUT2D eigenvalue weighted by atomic mass is 9.93. The van der Waals surface area contributed by atoms with Crippen molar-refractivity contribution in [2.24, 2.45) is 5.92 Å². The van der Waals surface area contributed by atoms with Crippen LogP contribution in [0.15, 0.2) is 17.5 Å². The highest BCUT2D eigenvalue weighted by atomic mass is 32.1. The number of ketones is 1. The molecule has 0 spiro atoms. The SMILES string of the molecule is COCc1nnc(NC(=O)CN2CCC[C@H](C(=O)c3cccs3)C2)s1. The van der Waals surface area contributed by atoms with Gasteiger partial charge in [0.2, 0.25) is 11.0 Å². The second kappa shape index (κ2) is 8.61. The second-order valence-corrected chi connectivity index (χ2v) is 7.91. The maximum absolute atomic E-state index is 12.5. The van der Waals surface area contributed by atoms with Crippen molar-refractivity contribution in [3.63, 3.8) is 0 Å². The summed E-state index contributed by atoms with van der Waals surface area (Å²) in [5, 5.41) is 13.7. The topological polar surface area (TPSA) is 84.4 Å². The minimum Gasteiger partial charge on any atom is -0.377 e. The number of amides is 1. The molecule has 1 N–H and O–H groups in total. The molecule has 0 aromatic carbocycles. The van der Waals surface area contributed by atoms with Crippen molar-refractivity contribution in [2.45, 2.75) is 19.4 Å². The largest absolute Gasteiger partial charge is 0.377 e. The average Bonchev–Trinajstić information content (AvgIpc) is 3.27. The minimum absolute atomic E-state index is 0.0324. The van der Waals surface area contributed by atoms with Gasteiger partial charge in [0.15, 0.2) is 5.78 Å². The van der Waals surface area contributed by atoms with Crippen LogP contribution in [0, 0.1) is 5.92 Å². The van der Waals surface area contributed by atoms with E-state index in [4.69, 9.17) is 4.74 Å². The van der Waals surface area contributed by atoms with Crippen LogP contribution in [-0.2, 0) is 16.1 Å². The molecule has 0 unspecified atom stereocenters. The molecule has 1 saturated heterocycles. The molecule has 0 aliphatic carbocycles. The summed E-state index contributed by atoms with van der Waals surface area (Å²) in [5.74, 6) is 0.0211. The summed E-state index contributed by atoms with van der Waals surface area (Å²) in [7, 11) is 1.59. The van der Waals surface area contributed by atoms with Gasteiger partial charge in [0.1, 0.15) is 11.6 Å². The molecule has 1 atom stereocenters. The zero-order valence-electron chi connectivity index (χ0n) is 13.9. The molecule has 0 bridgehead atoms. The van der Waals surface area contributed by atoms with Gasteiger partial charge >= 0.3 is 0 Å². The average molecular weight is 380 g/mol. The van der Waals surface area contributed by atoms with Gasteiger partial charge in [0.05, 0.1) is 11.4 Å². The molecule has 25 heavy (non-hydrogen) atoms. The molecule has 1 aliphatic heterocycles. The zero-order valence-corrected chi connectivity index (χ0v) is 15.6. The molecule has 2 aromatic heterocycles. The number of Topliss-reactive ketones (excluding diaryl/α,β-unsaturated/α-hetero) is 1. The third kappa shape index (κ3) is 4.91. The standard InChI is InChI=1S/C16H20N4O3S2/c1-23-10-14-18-19-16(25-14)17-13(21)9-20-6-2-4-11(8-20)15(22)12-5-3-7-24-12/h3,5,7,11H,2,4,6,8-10H2,1H3,(H,17,19,21)/t11-/m0/s1. The predicted molar refractivity (Wildman–Crippen MR) is 97.1 cm³/mol. The lowest BCUT2D eigenvalue weighted by Crippen LogP contribution is -2.42. The van der Waals surface area contributed by atoms with Crippen molar-refractivity contribution in [3.05, 3.63) is 27.4 Å². The Morgan fingerprint density at radius 1 is 1.44 bits per heavy atom. The quantitative estimate of drug-likeness (QED) is 0.742. The van der Waals surface area contributed by atoms with E-state index < -0.39 is 0 Å². The van der Waals surface area contributed by atoms with Crippen LogP contribution < -0.4 is 5.32 Å². The van der Waals surface area contributed by atoms with Gasteiger partial charge in [-0.05, 0) is 30.8 Å². The van der Waals surface area contributed by atoms with Crippen molar-refractivity contribution < 1.29 is 14.3 Å². The van der Waals surface area contributed by atoms with Gasteiger partial charge in [-0.2, -0.15) is 0 Å². The van der Waals surface area contributed by atoms with Crippen molar-refractivity contribution in [2.75, 3.05) is 32.1 Å². The van der Waals surface area contributed by atoms with Gasteiger partial charge in [-0.3, -0.25) is 19.8 Å². The third-order valence-corrected chi connectivity index (χ3v) is 5.69. The lowest BCUT2D eigenvalue weighted by molar-refractivity contribution is -0.117. The molecule has 134 valence electrons. The van der Waals surface area contributed by atoms with Crippen LogP contribution in [0.4, 0.5) is 5.13 Å². The van der Waals surface area contributed by atoms with Crippen LogP contribution in [0.1, 0.15) is 27.5 Å². The molecule has 1 fully saturated rings. The number of carbonyl (C=O) groups is 2. The summed E-state index contributed by atoms with van der Waals surface area (Å²) in [6.45, 7) is 2.08. The molecule has 1 aliphatic rings. The zero-order chi connectivity index (χ0) is 17.6. The fourth-order valence-electron chi connectivity index (χ4n) is 2.88. The molecule has 3 rings (SSSR count). The van der Waals surface area contributed by atoms with Gasteiger partial charge in [0, 0.05) is 19.6 Å². The molecule has 7 nitrogen and oxygen atoms in total. The molecule has 1 amide bonds. The van der Waals surface area contributed by atoms with Crippen molar-refractivity contribution in [1.29, 1.82) is 0 Å². The first kappa shape index (κ1) is 18.1. The predicted octanol–water partition coefficient (Wildman–Crippen LogP) is 2.28. The van der Waals surface area contributed by atoms with E-state index in [2.05, 4.69) is 15.5 Å². The Kier molecular flexibility index (Phi) is 6.24. The molecular formula is C16H20N4O3S2. The van der Waals surface area contributed by atoms with Crippen molar-refractivity contribution >= 4 is 39.5 Å². The fourth-order valence-corrected chi connectivity index (χ4v) is 4.35. The van der Waals surface area contributed by atoms with Crippen LogP contribution in [0.25, 0.3) is 0 Å². The minimum atomic E-state index is -0.135. The lowest BCUT2D eigenvalue weighted by Gasteiger charge is -2.31. The van der Waals surface area contributed by atoms with Crippen LogP contribution in [0.3, 0.4) is 0 Å². The van der Waals surface area contributed by atoms with E-state index in [-0.39, 0.29) is 24.2 Å². The third-order valence-electron chi connectivity index (χ3n) is 3.99. The number of likely N-dealkylation sites (tertiary alicyclic amines) is 1. The number of carbonyl (C=O) groups excluding carboxylic acids is 2. The Labute approximate surface area is 154 Å². The van der Waals surface area contributed by atoms with Gasteiger partial charge in [-0.1, -0.05) is 17.4 Å². The molecule has 9 heteroatoms. The monoisotopic (exact) mass is 380 g/mol. The fraction of sp³-hybridized carbons (Fsp3) is 0.500. The summed E-state index contributed by atoms with van der Waals surface area (Å²) in [6.07, 6.45) is 1.80. The van der Waals surface area contributed by atoms with E-state index in [9.17, 15) is 9.59 Å². The van der Waals surface area contributed by atoms with E-state index in [0.29, 0.717) is 18.3 Å². The maximum Gasteiger partial charge on any atom is 0.240 e. The molecule has 2 aromatic rings. The smallest absolute Gasteiger partial charge is 0.240 e. The molecule has 0 radical (unpaired) electrons. The number of nitrogens with one attached hydrogen (secondary N) is 1. The number of rotatable bonds is 7. The Hall–Kier alpha value is -1.68. The van der Waals surface area contributed by atoms with Crippen molar-refractivity contribution in [3.8, 4) is 0 Å². The number of anilines is 1. The summed E-state index contributed by atoms with van der Waals surface area (Å²) in [6, 6.07) is 3.76. The number of aromatic nitrogens is 2. The molecule has 3 heterocycles. The van der Waals surface area contributed by atoms with Crippen LogP contribution in [0.2, 0.25) is 0 Å². The highest BCUT2D eigenvalue weighted by Gasteiger charge is 2.28. The van der Waals surface area contributed by atoms with Gasteiger partial charge in [0.25, 0.3) is 0 Å². The highest BCUT2D eigenvalue weighted by molar-refractivity contribution is 7.15. The summed E-state index contributed by atoms with van der Waals surface area (Å²) >= 11 is 2.78. The second-order valence-electron chi connectivity index (χ2n) is 5.90. The van der Waals surface area contributed by atoms with Gasteiger partial charge in [-0.25, -0.2) is 0 Å². The number of methoxy groups -OCH3 is 1. The number of nitrogens with zero attached hydrogens (tertiary/aromatic N) is 3. The maximum atomic E-state index is 12.5. The summed E-state index contributed by atoms with van der Waals surface area (Å²) in [5.41, 5.74) is 0. The Morgan fingerprint density at radius 3 is 3.08 bits per heavy atom. The van der Waals surface area contributed by atoms with E-state index >= 15 is 0 Å². The number of ether oxygens (including phenoxy) is 1. The molecular weight excluding hydrogens is 360 g/mol. The molecule has 0 saturated carbocycles. The van der Waals surface area contributed by atoms with Gasteiger partial charge in [-0.15, -0.1) is 21.5 Å².